The number of nitrogens with two attached hydrogens (primary N) is 1. The summed E-state index contributed by atoms with van der Waals surface area (Å²) in [5, 5.41) is -0.0162. The zero-order valence-electron chi connectivity index (χ0n) is 7.02. The number of alkyl halides is 2. The first kappa shape index (κ1) is 10.3. The molecule has 0 aliphatic heterocycles. The van der Waals surface area contributed by atoms with Gasteiger partial charge in [0.15, 0.2) is 0 Å². The van der Waals surface area contributed by atoms with Gasteiger partial charge in [-0.2, -0.15) is 0 Å². The van der Waals surface area contributed by atoms with E-state index in [4.69, 9.17) is 17.3 Å². The average Bonchev–Trinajstić information content (AvgIpc) is 2.04. The highest BCUT2D eigenvalue weighted by atomic mass is 35.5. The van der Waals surface area contributed by atoms with Crippen LogP contribution >= 0.6 is 11.6 Å². The lowest BCUT2D eigenvalue weighted by molar-refractivity contribution is 0.146. The van der Waals surface area contributed by atoms with Gasteiger partial charge in [-0.05, 0) is 18.1 Å². The highest BCUT2D eigenvalue weighted by molar-refractivity contribution is 6.32. The van der Waals surface area contributed by atoms with Gasteiger partial charge in [-0.15, -0.1) is 0 Å². The summed E-state index contributed by atoms with van der Waals surface area (Å²) < 4.78 is 24.6. The maximum Gasteiger partial charge on any atom is 0.281 e. The molecule has 5 heteroatoms. The van der Waals surface area contributed by atoms with Gasteiger partial charge in [0.1, 0.15) is 5.69 Å². The van der Waals surface area contributed by atoms with E-state index in [-0.39, 0.29) is 11.6 Å². The molecule has 2 nitrogen and oxygen atoms in total. The molecule has 0 fully saturated rings. The molecule has 2 N–H and O–H groups in total. The molecule has 0 aromatic carbocycles. The molecule has 0 saturated carbocycles. The Morgan fingerprint density at radius 2 is 2.23 bits per heavy atom. The summed E-state index contributed by atoms with van der Waals surface area (Å²) >= 11 is 5.69. The Kier molecular flexibility index (Phi) is 3.17. The minimum absolute atomic E-state index is 0.0162. The van der Waals surface area contributed by atoms with Gasteiger partial charge in [-0.1, -0.05) is 11.6 Å². The summed E-state index contributed by atoms with van der Waals surface area (Å²) in [6.45, 7) is 1.88. The van der Waals surface area contributed by atoms with E-state index in [0.717, 1.165) is 5.56 Å². The van der Waals surface area contributed by atoms with Crippen molar-refractivity contribution in [2.75, 3.05) is 0 Å². The van der Waals surface area contributed by atoms with Gasteiger partial charge >= 0.3 is 0 Å². The quantitative estimate of drug-likeness (QED) is 0.807. The molecule has 0 unspecified atom stereocenters. The Morgan fingerprint density at radius 1 is 1.62 bits per heavy atom. The molecule has 0 aliphatic rings. The molecule has 0 amide bonds. The average molecular weight is 207 g/mol. The van der Waals surface area contributed by atoms with E-state index >= 15 is 0 Å². The van der Waals surface area contributed by atoms with Gasteiger partial charge < -0.3 is 5.73 Å². The van der Waals surface area contributed by atoms with Crippen molar-refractivity contribution in [3.8, 4) is 0 Å². The van der Waals surface area contributed by atoms with Gasteiger partial charge in [0.25, 0.3) is 6.43 Å². The Labute approximate surface area is 79.7 Å². The molecule has 1 aromatic rings. The summed E-state index contributed by atoms with van der Waals surface area (Å²) in [7, 11) is 0. The number of nitrogens with zero attached hydrogens (tertiary/aromatic N) is 1. The molecule has 1 aromatic heterocycles. The molecule has 72 valence electrons. The van der Waals surface area contributed by atoms with Crippen LogP contribution in [-0.2, 0) is 6.54 Å². The number of rotatable bonds is 2. The van der Waals surface area contributed by atoms with Crippen LogP contribution in [0.2, 0.25) is 5.02 Å². The molecular formula is C8H9ClF2N2. The van der Waals surface area contributed by atoms with Gasteiger partial charge in [0, 0.05) is 12.7 Å². The number of aromatic nitrogens is 1. The predicted octanol–water partition coefficient (Wildman–Crippen LogP) is 2.44. The first-order chi connectivity index (χ1) is 6.07. The maximum absolute atomic E-state index is 12.3. The number of halogens is 3. The Bertz CT molecular complexity index is 315. The fourth-order valence-electron chi connectivity index (χ4n) is 1.03. The van der Waals surface area contributed by atoms with Crippen LogP contribution in [0.3, 0.4) is 0 Å². The fourth-order valence-corrected chi connectivity index (χ4v) is 1.39. The van der Waals surface area contributed by atoms with Gasteiger partial charge in [-0.25, -0.2) is 8.78 Å². The highest BCUT2D eigenvalue weighted by Crippen LogP contribution is 2.29. The molecule has 0 bridgehead atoms. The first-order valence-corrected chi connectivity index (χ1v) is 4.07. The molecule has 0 atom stereocenters. The van der Waals surface area contributed by atoms with Crippen molar-refractivity contribution in [1.29, 1.82) is 0 Å². The summed E-state index contributed by atoms with van der Waals surface area (Å²) in [5.74, 6) is 0. The third kappa shape index (κ3) is 1.95. The van der Waals surface area contributed by atoms with Crippen LogP contribution in [0.5, 0.6) is 0 Å². The van der Waals surface area contributed by atoms with E-state index in [9.17, 15) is 8.78 Å². The number of pyridine rings is 1. The smallest absolute Gasteiger partial charge is 0.281 e. The summed E-state index contributed by atoms with van der Waals surface area (Å²) in [6.07, 6.45) is -1.30. The van der Waals surface area contributed by atoms with E-state index in [0.29, 0.717) is 5.56 Å². The van der Waals surface area contributed by atoms with E-state index in [1.54, 1.807) is 6.92 Å². The van der Waals surface area contributed by atoms with Crippen molar-refractivity contribution < 1.29 is 8.78 Å². The monoisotopic (exact) mass is 206 g/mol. The largest absolute Gasteiger partial charge is 0.326 e. The molecule has 0 saturated heterocycles. The lowest BCUT2D eigenvalue weighted by atomic mass is 10.1. The topological polar surface area (TPSA) is 38.9 Å². The third-order valence-electron chi connectivity index (χ3n) is 1.77. The zero-order chi connectivity index (χ0) is 10.0. The fraction of sp³-hybridized carbons (Fsp3) is 0.375. The molecule has 1 heterocycles. The van der Waals surface area contributed by atoms with Crippen LogP contribution in [0.1, 0.15) is 23.2 Å². The Balaban J connectivity index is 3.27. The van der Waals surface area contributed by atoms with Crippen LogP contribution in [0.4, 0.5) is 8.78 Å². The van der Waals surface area contributed by atoms with Crippen molar-refractivity contribution >= 4 is 11.6 Å². The zero-order valence-corrected chi connectivity index (χ0v) is 7.78. The van der Waals surface area contributed by atoms with Crippen molar-refractivity contribution in [1.82, 2.24) is 4.98 Å². The normalized spacial score (nSPS) is 10.9. The van der Waals surface area contributed by atoms with Crippen molar-refractivity contribution in [2.45, 2.75) is 19.9 Å². The van der Waals surface area contributed by atoms with Crippen molar-refractivity contribution in [2.24, 2.45) is 5.73 Å². The lowest BCUT2D eigenvalue weighted by Gasteiger charge is -2.08. The van der Waals surface area contributed by atoms with Gasteiger partial charge in [-0.3, -0.25) is 4.98 Å². The minimum atomic E-state index is -2.65. The van der Waals surface area contributed by atoms with Crippen LogP contribution in [0.25, 0.3) is 0 Å². The molecule has 1 rings (SSSR count). The summed E-state index contributed by atoms with van der Waals surface area (Å²) in [4.78, 5) is 3.55. The van der Waals surface area contributed by atoms with E-state index < -0.39 is 12.1 Å². The minimum Gasteiger partial charge on any atom is -0.326 e. The molecule has 0 spiro atoms. The van der Waals surface area contributed by atoms with Crippen molar-refractivity contribution in [3.05, 3.63) is 28.0 Å². The summed E-state index contributed by atoms with van der Waals surface area (Å²) in [5.41, 5.74) is 6.24. The second-order valence-electron chi connectivity index (χ2n) is 2.62. The van der Waals surface area contributed by atoms with Crippen LogP contribution in [0.15, 0.2) is 6.20 Å². The van der Waals surface area contributed by atoms with Crippen molar-refractivity contribution in [3.63, 3.8) is 0 Å². The second-order valence-corrected chi connectivity index (χ2v) is 3.00. The van der Waals surface area contributed by atoms with Crippen LogP contribution in [0, 0.1) is 6.92 Å². The number of aryl methyl sites for hydroxylation is 1. The van der Waals surface area contributed by atoms with Crippen LogP contribution in [-0.4, -0.2) is 4.98 Å². The standard InChI is InChI=1S/C8H9ClF2N2/c1-4-3-13-7(8(10)11)6(9)5(4)2-12/h3,8H,2,12H2,1H3. The lowest BCUT2D eigenvalue weighted by Crippen LogP contribution is -2.04. The van der Waals surface area contributed by atoms with E-state index in [1.807, 2.05) is 0 Å². The first-order valence-electron chi connectivity index (χ1n) is 3.70. The van der Waals surface area contributed by atoms with Crippen LogP contribution < -0.4 is 5.73 Å². The Morgan fingerprint density at radius 3 is 2.69 bits per heavy atom. The molecule has 0 radical (unpaired) electrons. The molecule has 13 heavy (non-hydrogen) atoms. The Hall–Kier alpha value is -0.740. The van der Waals surface area contributed by atoms with Gasteiger partial charge in [0.2, 0.25) is 0 Å². The molecule has 0 aliphatic carbocycles. The predicted molar refractivity (Wildman–Crippen MR) is 46.8 cm³/mol. The number of hydrogen-bond acceptors (Lipinski definition) is 2. The second kappa shape index (κ2) is 3.98. The van der Waals surface area contributed by atoms with E-state index in [1.165, 1.54) is 6.20 Å². The SMILES string of the molecule is Cc1cnc(C(F)F)c(Cl)c1CN. The van der Waals surface area contributed by atoms with E-state index in [2.05, 4.69) is 4.98 Å². The molecular weight excluding hydrogens is 198 g/mol. The highest BCUT2D eigenvalue weighted by Gasteiger charge is 2.17. The summed E-state index contributed by atoms with van der Waals surface area (Å²) in [6, 6.07) is 0. The maximum atomic E-state index is 12.3. The van der Waals surface area contributed by atoms with Gasteiger partial charge in [0.05, 0.1) is 5.02 Å². The third-order valence-corrected chi connectivity index (χ3v) is 2.20. The number of hydrogen-bond donors (Lipinski definition) is 1.